The number of nitrogens with one attached hydrogen (secondary N) is 1. The highest BCUT2D eigenvalue weighted by Gasteiger charge is 2.36. The fraction of sp³-hybridized carbons (Fsp3) is 0.391. The molecule has 2 aliphatic rings. The lowest BCUT2D eigenvalue weighted by Gasteiger charge is -2.35. The summed E-state index contributed by atoms with van der Waals surface area (Å²) in [6, 6.07) is 0.544. The van der Waals surface area contributed by atoms with E-state index in [0.717, 1.165) is 12.1 Å². The molecule has 9 nitrogen and oxygen atoms in total. The summed E-state index contributed by atoms with van der Waals surface area (Å²) in [5, 5.41) is 5.30. The number of benzene rings is 1. The topological polar surface area (TPSA) is 102 Å². The maximum Gasteiger partial charge on any atom is 0.338 e. The fourth-order valence-electron chi connectivity index (χ4n) is 4.07. The van der Waals surface area contributed by atoms with E-state index in [-0.39, 0.29) is 36.2 Å². The van der Waals surface area contributed by atoms with Crippen LogP contribution in [0.25, 0.3) is 0 Å². The number of ether oxygens (including phenoxy) is 3. The van der Waals surface area contributed by atoms with Gasteiger partial charge in [-0.25, -0.2) is 22.9 Å². The van der Waals surface area contributed by atoms with E-state index < -0.39 is 29.5 Å². The third-order valence-electron chi connectivity index (χ3n) is 5.76. The Morgan fingerprint density at radius 2 is 2.17 bits per heavy atom. The Bertz CT molecular complexity index is 1170. The Kier molecular flexibility index (Phi) is 8.33. The molecule has 1 aromatic heterocycles. The van der Waals surface area contributed by atoms with Gasteiger partial charge in [0.2, 0.25) is 0 Å². The van der Waals surface area contributed by atoms with Gasteiger partial charge in [0, 0.05) is 48.9 Å². The largest absolute Gasteiger partial charge is 0.468 e. The van der Waals surface area contributed by atoms with Crippen LogP contribution in [0, 0.1) is 17.5 Å². The number of rotatable bonds is 9. The minimum Gasteiger partial charge on any atom is -0.468 e. The predicted molar refractivity (Wildman–Crippen MR) is 123 cm³/mol. The molecule has 0 spiro atoms. The normalized spacial score (nSPS) is 20.5. The van der Waals surface area contributed by atoms with Crippen LogP contribution in [0.4, 0.5) is 13.2 Å². The van der Waals surface area contributed by atoms with Gasteiger partial charge in [0.05, 0.1) is 32.0 Å². The van der Waals surface area contributed by atoms with Gasteiger partial charge in [-0.05, 0) is 6.07 Å². The zero-order chi connectivity index (χ0) is 25.7. The Hall–Kier alpha value is -3.29. The van der Waals surface area contributed by atoms with Crippen molar-refractivity contribution in [3.8, 4) is 0 Å². The monoisotopic (exact) mass is 524 g/mol. The second-order valence-electron chi connectivity index (χ2n) is 7.97. The highest BCUT2D eigenvalue weighted by atomic mass is 32.1. The SMILES string of the molecule is COC(=O)C1=C(CN2CCO[C@H](CCOC=O)C2)NC(c2nccs2)=N[C@H]1c1ccc(F)c(F)c1F. The van der Waals surface area contributed by atoms with E-state index in [1.165, 1.54) is 18.4 Å². The highest BCUT2D eigenvalue weighted by Crippen LogP contribution is 2.35. The smallest absolute Gasteiger partial charge is 0.338 e. The first-order valence-electron chi connectivity index (χ1n) is 11.0. The molecular weight excluding hydrogens is 501 g/mol. The van der Waals surface area contributed by atoms with Crippen LogP contribution in [-0.4, -0.2) is 74.2 Å². The van der Waals surface area contributed by atoms with Crippen molar-refractivity contribution in [3.05, 3.63) is 63.0 Å². The maximum atomic E-state index is 14.9. The van der Waals surface area contributed by atoms with Gasteiger partial charge in [0.25, 0.3) is 6.47 Å². The van der Waals surface area contributed by atoms with Crippen LogP contribution in [0.15, 0.2) is 40.0 Å². The van der Waals surface area contributed by atoms with E-state index >= 15 is 0 Å². The first kappa shape index (κ1) is 25.8. The molecule has 36 heavy (non-hydrogen) atoms. The van der Waals surface area contributed by atoms with Gasteiger partial charge in [-0.15, -0.1) is 11.3 Å². The molecule has 0 aliphatic carbocycles. The van der Waals surface area contributed by atoms with E-state index in [4.69, 9.17) is 14.2 Å². The zero-order valence-electron chi connectivity index (χ0n) is 19.2. The molecule has 1 fully saturated rings. The van der Waals surface area contributed by atoms with Crippen molar-refractivity contribution in [2.75, 3.05) is 40.0 Å². The van der Waals surface area contributed by atoms with Gasteiger partial charge in [-0.3, -0.25) is 14.7 Å². The van der Waals surface area contributed by atoms with Crippen LogP contribution in [-0.2, 0) is 23.8 Å². The Morgan fingerprint density at radius 3 is 2.89 bits per heavy atom. The van der Waals surface area contributed by atoms with Gasteiger partial charge in [-0.1, -0.05) is 6.07 Å². The van der Waals surface area contributed by atoms with E-state index in [0.29, 0.717) is 43.3 Å². The molecule has 192 valence electrons. The Labute approximate surface area is 208 Å². The van der Waals surface area contributed by atoms with Crippen LogP contribution in [0.2, 0.25) is 0 Å². The summed E-state index contributed by atoms with van der Waals surface area (Å²) in [5.74, 6) is -4.98. The standard InChI is InChI=1S/C23H23F3N4O5S/c1-33-23(32)17-16(11-30-6-8-35-13(10-30)4-7-34-12-31)28-21(22-27-5-9-36-22)29-20(17)14-2-3-15(24)19(26)18(14)25/h2-3,5,9,12-13,20H,4,6-8,10-11H2,1H3,(H,28,29)/t13-,20+/m1/s1. The number of thiazole rings is 1. The van der Waals surface area contributed by atoms with E-state index in [2.05, 4.69) is 15.3 Å². The molecular formula is C23H23F3N4O5S. The number of morpholine rings is 1. The van der Waals surface area contributed by atoms with Crippen molar-refractivity contribution in [1.29, 1.82) is 0 Å². The van der Waals surface area contributed by atoms with Crippen LogP contribution in [0.3, 0.4) is 0 Å². The van der Waals surface area contributed by atoms with Crippen molar-refractivity contribution < 1.29 is 37.0 Å². The van der Waals surface area contributed by atoms with Gasteiger partial charge in [0.15, 0.2) is 28.3 Å². The molecule has 1 aromatic carbocycles. The van der Waals surface area contributed by atoms with E-state index in [1.54, 1.807) is 11.6 Å². The van der Waals surface area contributed by atoms with E-state index in [9.17, 15) is 22.8 Å². The van der Waals surface area contributed by atoms with Crippen LogP contribution in [0.1, 0.15) is 23.0 Å². The molecule has 0 amide bonds. The Balaban J connectivity index is 1.72. The number of aliphatic imine (C=N–C) groups is 1. The van der Waals surface area contributed by atoms with Crippen LogP contribution in [0.5, 0.6) is 0 Å². The first-order chi connectivity index (χ1) is 17.4. The molecule has 1 saturated heterocycles. The molecule has 13 heteroatoms. The molecule has 2 atom stereocenters. The van der Waals surface area contributed by atoms with Gasteiger partial charge >= 0.3 is 5.97 Å². The van der Waals surface area contributed by atoms with Crippen molar-refractivity contribution >= 4 is 29.6 Å². The average Bonchev–Trinajstić information content (AvgIpc) is 3.42. The molecule has 0 bridgehead atoms. The second kappa shape index (κ2) is 11.6. The number of methoxy groups -OCH3 is 1. The van der Waals surface area contributed by atoms with Gasteiger partial charge in [-0.2, -0.15) is 0 Å². The lowest BCUT2D eigenvalue weighted by Crippen LogP contribution is -2.46. The lowest BCUT2D eigenvalue weighted by atomic mass is 9.94. The molecule has 0 saturated carbocycles. The average molecular weight is 525 g/mol. The number of carbonyl (C=O) groups is 2. The minimum atomic E-state index is -1.66. The summed E-state index contributed by atoms with van der Waals surface area (Å²) in [6.07, 6.45) is 1.83. The number of esters is 1. The van der Waals surface area contributed by atoms with Crippen molar-refractivity contribution in [3.63, 3.8) is 0 Å². The number of hydrogen-bond donors (Lipinski definition) is 1. The fourth-order valence-corrected chi connectivity index (χ4v) is 4.65. The molecule has 4 rings (SSSR count). The summed E-state index contributed by atoms with van der Waals surface area (Å²) in [7, 11) is 1.17. The summed E-state index contributed by atoms with van der Waals surface area (Å²) in [5.41, 5.74) is 0.0178. The predicted octanol–water partition coefficient (Wildman–Crippen LogP) is 2.34. The summed E-state index contributed by atoms with van der Waals surface area (Å²) >= 11 is 1.26. The van der Waals surface area contributed by atoms with Crippen molar-refractivity contribution in [2.45, 2.75) is 18.6 Å². The van der Waals surface area contributed by atoms with Crippen LogP contribution >= 0.6 is 11.3 Å². The van der Waals surface area contributed by atoms with Crippen molar-refractivity contribution in [2.24, 2.45) is 4.99 Å². The zero-order valence-corrected chi connectivity index (χ0v) is 20.0. The molecule has 3 heterocycles. The van der Waals surface area contributed by atoms with Gasteiger partial charge < -0.3 is 19.5 Å². The second-order valence-corrected chi connectivity index (χ2v) is 8.87. The third kappa shape index (κ3) is 5.58. The summed E-state index contributed by atoms with van der Waals surface area (Å²) in [6.45, 7) is 2.17. The lowest BCUT2D eigenvalue weighted by molar-refractivity contribution is -0.136. The quantitative estimate of drug-likeness (QED) is 0.231. The number of carbonyl (C=O) groups excluding carboxylic acids is 2. The third-order valence-corrected chi connectivity index (χ3v) is 6.54. The summed E-state index contributed by atoms with van der Waals surface area (Å²) < 4.78 is 58.1. The number of hydrogen-bond acceptors (Lipinski definition) is 10. The van der Waals surface area contributed by atoms with Gasteiger partial charge in [0.1, 0.15) is 6.04 Å². The number of nitrogens with zero attached hydrogens (tertiary/aromatic N) is 3. The number of aromatic nitrogens is 1. The molecule has 0 unspecified atom stereocenters. The highest BCUT2D eigenvalue weighted by molar-refractivity contribution is 7.11. The number of amidine groups is 1. The number of halogens is 3. The van der Waals surface area contributed by atoms with Crippen molar-refractivity contribution in [1.82, 2.24) is 15.2 Å². The molecule has 0 radical (unpaired) electrons. The maximum absolute atomic E-state index is 14.9. The molecule has 1 N–H and O–H groups in total. The van der Waals surface area contributed by atoms with Crippen LogP contribution < -0.4 is 5.32 Å². The minimum absolute atomic E-state index is 0.0324. The first-order valence-corrected chi connectivity index (χ1v) is 11.9. The van der Waals surface area contributed by atoms with E-state index in [1.807, 2.05) is 4.90 Å². The molecule has 2 aromatic rings. The summed E-state index contributed by atoms with van der Waals surface area (Å²) in [4.78, 5) is 34.0. The Morgan fingerprint density at radius 1 is 1.33 bits per heavy atom. The molecule has 2 aliphatic heterocycles.